The van der Waals surface area contributed by atoms with Crippen molar-refractivity contribution in [3.63, 3.8) is 0 Å². The van der Waals surface area contributed by atoms with Crippen LogP contribution in [0.4, 0.5) is 17.3 Å². The van der Waals surface area contributed by atoms with Gasteiger partial charge in [0.2, 0.25) is 5.95 Å². The van der Waals surface area contributed by atoms with Crippen LogP contribution in [0.3, 0.4) is 0 Å². The third-order valence-electron chi connectivity index (χ3n) is 3.83. The van der Waals surface area contributed by atoms with Crippen LogP contribution >= 0.6 is 11.6 Å². The van der Waals surface area contributed by atoms with Gasteiger partial charge in [-0.3, -0.25) is 4.79 Å². The number of para-hydroxylation sites is 1. The molecule has 1 aromatic heterocycles. The molecule has 0 spiro atoms. The van der Waals surface area contributed by atoms with Crippen molar-refractivity contribution in [2.24, 2.45) is 0 Å². The van der Waals surface area contributed by atoms with E-state index >= 15 is 0 Å². The SMILES string of the molecule is CC(C)c1ccccc1NC(=O)c1cnc(Nc2cccc(Cl)c2)nc1. The second-order valence-corrected chi connectivity index (χ2v) is 6.56. The van der Waals surface area contributed by atoms with E-state index in [1.807, 2.05) is 36.4 Å². The Morgan fingerprint density at radius 1 is 1.04 bits per heavy atom. The Labute approximate surface area is 157 Å². The highest BCUT2D eigenvalue weighted by atomic mass is 35.5. The molecule has 0 aliphatic carbocycles. The van der Waals surface area contributed by atoms with Gasteiger partial charge in [0, 0.05) is 28.8 Å². The minimum absolute atomic E-state index is 0.243. The predicted octanol–water partition coefficient (Wildman–Crippen LogP) is 5.25. The summed E-state index contributed by atoms with van der Waals surface area (Å²) in [5.41, 5.74) is 3.05. The number of amides is 1. The highest BCUT2D eigenvalue weighted by Crippen LogP contribution is 2.24. The Balaban J connectivity index is 1.71. The van der Waals surface area contributed by atoms with Crippen LogP contribution in [0, 0.1) is 0 Å². The molecule has 0 bridgehead atoms. The summed E-state index contributed by atoms with van der Waals surface area (Å²) >= 11 is 5.96. The smallest absolute Gasteiger partial charge is 0.258 e. The fourth-order valence-electron chi connectivity index (χ4n) is 2.51. The number of hydrogen-bond donors (Lipinski definition) is 2. The van der Waals surface area contributed by atoms with Crippen molar-refractivity contribution in [2.45, 2.75) is 19.8 Å². The zero-order valence-electron chi connectivity index (χ0n) is 14.5. The van der Waals surface area contributed by atoms with Gasteiger partial charge in [0.1, 0.15) is 0 Å². The van der Waals surface area contributed by atoms with Crippen molar-refractivity contribution in [2.75, 3.05) is 10.6 Å². The minimum Gasteiger partial charge on any atom is -0.324 e. The number of hydrogen-bond acceptors (Lipinski definition) is 4. The normalized spacial score (nSPS) is 10.6. The van der Waals surface area contributed by atoms with Gasteiger partial charge in [0.15, 0.2) is 0 Å². The first-order valence-electron chi connectivity index (χ1n) is 8.28. The van der Waals surface area contributed by atoms with Gasteiger partial charge in [0.25, 0.3) is 5.91 Å². The molecule has 26 heavy (non-hydrogen) atoms. The molecule has 2 aromatic carbocycles. The molecule has 0 unspecified atom stereocenters. The zero-order valence-corrected chi connectivity index (χ0v) is 15.3. The Kier molecular flexibility index (Phi) is 5.49. The molecule has 132 valence electrons. The van der Waals surface area contributed by atoms with Crippen LogP contribution in [0.2, 0.25) is 5.02 Å². The maximum atomic E-state index is 12.5. The van der Waals surface area contributed by atoms with Gasteiger partial charge in [-0.2, -0.15) is 0 Å². The zero-order chi connectivity index (χ0) is 18.5. The average Bonchev–Trinajstić information content (AvgIpc) is 2.62. The van der Waals surface area contributed by atoms with Gasteiger partial charge >= 0.3 is 0 Å². The van der Waals surface area contributed by atoms with E-state index in [1.165, 1.54) is 12.4 Å². The lowest BCUT2D eigenvalue weighted by Gasteiger charge is -2.13. The average molecular weight is 367 g/mol. The number of aromatic nitrogens is 2. The molecule has 2 N–H and O–H groups in total. The Morgan fingerprint density at radius 2 is 1.77 bits per heavy atom. The molecule has 0 radical (unpaired) electrons. The summed E-state index contributed by atoms with van der Waals surface area (Å²) in [4.78, 5) is 20.9. The fourth-order valence-corrected chi connectivity index (χ4v) is 2.70. The lowest BCUT2D eigenvalue weighted by molar-refractivity contribution is 0.102. The molecule has 0 aliphatic heterocycles. The summed E-state index contributed by atoms with van der Waals surface area (Å²) in [5, 5.41) is 6.59. The molecule has 0 saturated heterocycles. The molecule has 1 amide bonds. The summed E-state index contributed by atoms with van der Waals surface area (Å²) in [5.74, 6) is 0.464. The lowest BCUT2D eigenvalue weighted by Crippen LogP contribution is -2.14. The van der Waals surface area contributed by atoms with Crippen molar-refractivity contribution in [1.82, 2.24) is 9.97 Å². The van der Waals surface area contributed by atoms with Crippen LogP contribution in [0.5, 0.6) is 0 Å². The molecule has 5 nitrogen and oxygen atoms in total. The van der Waals surface area contributed by atoms with Gasteiger partial charge in [0.05, 0.1) is 5.56 Å². The van der Waals surface area contributed by atoms with Gasteiger partial charge in [-0.25, -0.2) is 9.97 Å². The molecule has 1 heterocycles. The van der Waals surface area contributed by atoms with E-state index in [0.29, 0.717) is 22.5 Å². The van der Waals surface area contributed by atoms with Gasteiger partial charge in [-0.05, 0) is 35.7 Å². The van der Waals surface area contributed by atoms with Crippen molar-refractivity contribution < 1.29 is 4.79 Å². The van der Waals surface area contributed by atoms with E-state index in [9.17, 15) is 4.79 Å². The summed E-state index contributed by atoms with van der Waals surface area (Å²) in [6, 6.07) is 15.0. The molecule has 6 heteroatoms. The minimum atomic E-state index is -0.243. The van der Waals surface area contributed by atoms with Crippen LogP contribution < -0.4 is 10.6 Å². The second kappa shape index (κ2) is 7.97. The lowest BCUT2D eigenvalue weighted by atomic mass is 10.0. The second-order valence-electron chi connectivity index (χ2n) is 6.13. The number of nitrogens with one attached hydrogen (secondary N) is 2. The molecule has 0 fully saturated rings. The molecule has 0 aliphatic rings. The maximum absolute atomic E-state index is 12.5. The van der Waals surface area contributed by atoms with Crippen LogP contribution in [0.1, 0.15) is 35.7 Å². The van der Waals surface area contributed by atoms with Crippen molar-refractivity contribution in [1.29, 1.82) is 0 Å². The monoisotopic (exact) mass is 366 g/mol. The van der Waals surface area contributed by atoms with Crippen molar-refractivity contribution in [3.8, 4) is 0 Å². The van der Waals surface area contributed by atoms with E-state index in [0.717, 1.165) is 16.9 Å². The third-order valence-corrected chi connectivity index (χ3v) is 4.06. The van der Waals surface area contributed by atoms with E-state index in [2.05, 4.69) is 34.4 Å². The van der Waals surface area contributed by atoms with Crippen LogP contribution in [0.25, 0.3) is 0 Å². The molecular formula is C20H19ClN4O. The maximum Gasteiger partial charge on any atom is 0.258 e. The van der Waals surface area contributed by atoms with Crippen LogP contribution in [0.15, 0.2) is 60.9 Å². The van der Waals surface area contributed by atoms with E-state index in [-0.39, 0.29) is 5.91 Å². The number of carbonyl (C=O) groups is 1. The largest absolute Gasteiger partial charge is 0.324 e. The van der Waals surface area contributed by atoms with Crippen molar-refractivity contribution >= 4 is 34.8 Å². The Hall–Kier alpha value is -2.92. The molecule has 0 atom stereocenters. The summed E-state index contributed by atoms with van der Waals surface area (Å²) < 4.78 is 0. The fraction of sp³-hybridized carbons (Fsp3) is 0.150. The summed E-state index contributed by atoms with van der Waals surface area (Å²) in [6.45, 7) is 4.18. The quantitative estimate of drug-likeness (QED) is 0.647. The van der Waals surface area contributed by atoms with E-state index in [4.69, 9.17) is 11.6 Å². The number of nitrogens with zero attached hydrogens (tertiary/aromatic N) is 2. The van der Waals surface area contributed by atoms with E-state index < -0.39 is 0 Å². The first-order chi connectivity index (χ1) is 12.5. The molecular weight excluding hydrogens is 348 g/mol. The van der Waals surface area contributed by atoms with Gasteiger partial charge in [-0.1, -0.05) is 49.7 Å². The first-order valence-corrected chi connectivity index (χ1v) is 8.65. The Morgan fingerprint density at radius 3 is 2.46 bits per heavy atom. The number of anilines is 3. The number of benzene rings is 2. The van der Waals surface area contributed by atoms with E-state index in [1.54, 1.807) is 12.1 Å². The topological polar surface area (TPSA) is 66.9 Å². The molecule has 3 rings (SSSR count). The summed E-state index contributed by atoms with van der Waals surface area (Å²) in [6.07, 6.45) is 2.99. The highest BCUT2D eigenvalue weighted by molar-refractivity contribution is 6.30. The summed E-state index contributed by atoms with van der Waals surface area (Å²) in [7, 11) is 0. The molecule has 3 aromatic rings. The Bertz CT molecular complexity index is 910. The number of rotatable bonds is 5. The predicted molar refractivity (Wildman–Crippen MR) is 105 cm³/mol. The van der Waals surface area contributed by atoms with Crippen LogP contribution in [-0.4, -0.2) is 15.9 Å². The first kappa shape index (κ1) is 17.9. The van der Waals surface area contributed by atoms with Gasteiger partial charge in [-0.15, -0.1) is 0 Å². The van der Waals surface area contributed by atoms with Crippen LogP contribution in [-0.2, 0) is 0 Å². The van der Waals surface area contributed by atoms with Crippen molar-refractivity contribution in [3.05, 3.63) is 77.1 Å². The number of halogens is 1. The third kappa shape index (κ3) is 4.37. The number of carbonyl (C=O) groups excluding carboxylic acids is 1. The highest BCUT2D eigenvalue weighted by Gasteiger charge is 2.12. The van der Waals surface area contributed by atoms with Gasteiger partial charge < -0.3 is 10.6 Å². The molecule has 0 saturated carbocycles. The standard InChI is InChI=1S/C20H19ClN4O/c1-13(2)17-8-3-4-9-18(17)25-19(26)14-11-22-20(23-12-14)24-16-7-5-6-15(21)10-16/h3-13H,1-2H3,(H,25,26)(H,22,23,24).